The number of aromatic nitrogens is 2. The molecule has 0 aliphatic carbocycles. The topological polar surface area (TPSA) is 71.3 Å². The lowest BCUT2D eigenvalue weighted by molar-refractivity contribution is 0.0690. The maximum atomic E-state index is 12.6. The number of nitrogens with one attached hydrogen (secondary N) is 1. The summed E-state index contributed by atoms with van der Waals surface area (Å²) < 4.78 is 4.74. The summed E-state index contributed by atoms with van der Waals surface area (Å²) in [5, 5.41) is 7.19. The molecule has 1 aliphatic heterocycles. The number of nitrogens with zero attached hydrogens (tertiary/aromatic N) is 3. The molecule has 1 amide bonds. The van der Waals surface area contributed by atoms with Crippen molar-refractivity contribution in [3.05, 3.63) is 36.2 Å². The number of carbonyl (C=O) groups is 1. The smallest absolute Gasteiger partial charge is 0.253 e. The summed E-state index contributed by atoms with van der Waals surface area (Å²) in [5.74, 6) is 1.32. The van der Waals surface area contributed by atoms with Crippen LogP contribution in [-0.2, 0) is 0 Å². The molecule has 0 spiro atoms. The fraction of sp³-hybridized carbons (Fsp3) is 0.471. The molecule has 6 nitrogen and oxygen atoms in total. The van der Waals surface area contributed by atoms with E-state index in [0.29, 0.717) is 17.3 Å². The van der Waals surface area contributed by atoms with E-state index in [9.17, 15) is 4.79 Å². The highest BCUT2D eigenvalue weighted by Gasteiger charge is 2.23. The van der Waals surface area contributed by atoms with Crippen LogP contribution >= 0.6 is 0 Å². The van der Waals surface area contributed by atoms with E-state index >= 15 is 0 Å². The number of amides is 1. The third kappa shape index (κ3) is 3.76. The first-order chi connectivity index (χ1) is 11.3. The highest BCUT2D eigenvalue weighted by atomic mass is 16.5. The number of piperidine rings is 1. The Labute approximate surface area is 135 Å². The van der Waals surface area contributed by atoms with Crippen molar-refractivity contribution in [2.45, 2.75) is 19.8 Å². The zero-order valence-corrected chi connectivity index (χ0v) is 13.4. The molecule has 0 unspecified atom stereocenters. The third-order valence-corrected chi connectivity index (χ3v) is 4.34. The molecule has 1 saturated heterocycles. The van der Waals surface area contributed by atoms with Crippen LogP contribution in [0.3, 0.4) is 0 Å². The van der Waals surface area contributed by atoms with Crippen LogP contribution in [0, 0.1) is 5.92 Å². The number of likely N-dealkylation sites (tertiary alicyclic amines) is 1. The second-order valence-corrected chi connectivity index (χ2v) is 5.88. The highest BCUT2D eigenvalue weighted by Crippen LogP contribution is 2.20. The van der Waals surface area contributed by atoms with E-state index in [4.69, 9.17) is 4.52 Å². The van der Waals surface area contributed by atoms with Crippen LogP contribution in [0.2, 0.25) is 0 Å². The van der Waals surface area contributed by atoms with Gasteiger partial charge in [0.15, 0.2) is 0 Å². The minimum Gasteiger partial charge on any atom is -0.342 e. The lowest BCUT2D eigenvalue weighted by Gasteiger charge is -2.32. The molecule has 6 heteroatoms. The third-order valence-electron chi connectivity index (χ3n) is 4.34. The molecule has 1 N–H and O–H groups in total. The first-order valence-corrected chi connectivity index (χ1v) is 8.14. The van der Waals surface area contributed by atoms with E-state index in [-0.39, 0.29) is 5.91 Å². The minimum atomic E-state index is 0.103. The van der Waals surface area contributed by atoms with Crippen molar-refractivity contribution in [2.75, 3.05) is 26.2 Å². The van der Waals surface area contributed by atoms with E-state index in [1.807, 2.05) is 29.2 Å². The van der Waals surface area contributed by atoms with Gasteiger partial charge in [0.05, 0.1) is 0 Å². The maximum Gasteiger partial charge on any atom is 0.253 e. The van der Waals surface area contributed by atoms with Crippen molar-refractivity contribution in [1.82, 2.24) is 20.4 Å². The Kier molecular flexibility index (Phi) is 5.02. The second-order valence-electron chi connectivity index (χ2n) is 5.88. The van der Waals surface area contributed by atoms with E-state index in [1.54, 1.807) is 0 Å². The van der Waals surface area contributed by atoms with Gasteiger partial charge in [-0.3, -0.25) is 4.79 Å². The van der Waals surface area contributed by atoms with Crippen LogP contribution in [-0.4, -0.2) is 47.1 Å². The lowest BCUT2D eigenvalue weighted by atomic mass is 9.96. The molecule has 0 bridgehead atoms. The Morgan fingerprint density at radius 3 is 2.65 bits per heavy atom. The summed E-state index contributed by atoms with van der Waals surface area (Å²) in [5.41, 5.74) is 1.56. The maximum absolute atomic E-state index is 12.6. The average Bonchev–Trinajstić information content (AvgIpc) is 3.14. The number of carbonyl (C=O) groups excluding carboxylic acids is 1. The molecule has 0 saturated carbocycles. The van der Waals surface area contributed by atoms with Crippen LogP contribution in [0.1, 0.15) is 30.1 Å². The normalized spacial score (nSPS) is 15.8. The second kappa shape index (κ2) is 7.37. The zero-order valence-electron chi connectivity index (χ0n) is 13.4. The van der Waals surface area contributed by atoms with Gasteiger partial charge >= 0.3 is 0 Å². The molecule has 2 heterocycles. The van der Waals surface area contributed by atoms with Gasteiger partial charge < -0.3 is 14.7 Å². The molecule has 1 aliphatic rings. The zero-order chi connectivity index (χ0) is 16.1. The summed E-state index contributed by atoms with van der Waals surface area (Å²) in [6.07, 6.45) is 3.44. The fourth-order valence-electron chi connectivity index (χ4n) is 2.93. The van der Waals surface area contributed by atoms with Crippen LogP contribution < -0.4 is 5.32 Å². The molecular formula is C17H22N4O2. The van der Waals surface area contributed by atoms with Gasteiger partial charge in [-0.15, -0.1) is 0 Å². The predicted octanol–water partition coefficient (Wildman–Crippen LogP) is 2.20. The summed E-state index contributed by atoms with van der Waals surface area (Å²) in [7, 11) is 0. The molecular weight excluding hydrogens is 292 g/mol. The van der Waals surface area contributed by atoms with Crippen LogP contribution in [0.25, 0.3) is 11.4 Å². The van der Waals surface area contributed by atoms with Crippen LogP contribution in [0.15, 0.2) is 35.2 Å². The van der Waals surface area contributed by atoms with Gasteiger partial charge in [0.2, 0.25) is 12.2 Å². The Balaban J connectivity index is 1.58. The number of hydrogen-bond acceptors (Lipinski definition) is 5. The Morgan fingerprint density at radius 2 is 2.04 bits per heavy atom. The van der Waals surface area contributed by atoms with Crippen molar-refractivity contribution < 1.29 is 9.32 Å². The quantitative estimate of drug-likeness (QED) is 0.916. The van der Waals surface area contributed by atoms with Gasteiger partial charge in [-0.1, -0.05) is 24.2 Å². The average molecular weight is 314 g/mol. The van der Waals surface area contributed by atoms with Gasteiger partial charge in [-0.05, 0) is 44.0 Å². The van der Waals surface area contributed by atoms with Gasteiger partial charge in [-0.25, -0.2) is 0 Å². The molecule has 0 atom stereocenters. The molecule has 1 fully saturated rings. The van der Waals surface area contributed by atoms with E-state index in [2.05, 4.69) is 22.4 Å². The SMILES string of the molecule is CCNCC1CCN(C(=O)c2ccc(-c3ncon3)cc2)CC1. The first kappa shape index (κ1) is 15.7. The van der Waals surface area contributed by atoms with Crippen molar-refractivity contribution >= 4 is 5.91 Å². The van der Waals surface area contributed by atoms with Gasteiger partial charge in [-0.2, -0.15) is 4.98 Å². The monoisotopic (exact) mass is 314 g/mol. The molecule has 1 aromatic heterocycles. The van der Waals surface area contributed by atoms with Gasteiger partial charge in [0.1, 0.15) is 0 Å². The van der Waals surface area contributed by atoms with Crippen LogP contribution in [0.4, 0.5) is 0 Å². The Bertz CT molecular complexity index is 617. The molecule has 2 aromatic rings. The Hall–Kier alpha value is -2.21. The van der Waals surface area contributed by atoms with Crippen LogP contribution in [0.5, 0.6) is 0 Å². The summed E-state index contributed by atoms with van der Waals surface area (Å²) in [6.45, 7) is 5.85. The molecule has 23 heavy (non-hydrogen) atoms. The molecule has 3 rings (SSSR count). The summed E-state index contributed by atoms with van der Waals surface area (Å²) in [4.78, 5) is 18.5. The standard InChI is InChI=1S/C17H22N4O2/c1-2-18-11-13-7-9-21(10-8-13)17(22)15-5-3-14(4-6-15)16-19-12-23-20-16/h3-6,12-13,18H,2,7-11H2,1H3. The molecule has 0 radical (unpaired) electrons. The molecule has 122 valence electrons. The minimum absolute atomic E-state index is 0.103. The number of hydrogen-bond donors (Lipinski definition) is 1. The van der Waals surface area contributed by atoms with E-state index < -0.39 is 0 Å². The van der Waals surface area contributed by atoms with Crippen molar-refractivity contribution in [2.24, 2.45) is 5.92 Å². The van der Waals surface area contributed by atoms with E-state index in [0.717, 1.165) is 44.6 Å². The largest absolute Gasteiger partial charge is 0.342 e. The van der Waals surface area contributed by atoms with Gasteiger partial charge in [0, 0.05) is 24.2 Å². The number of benzene rings is 1. The van der Waals surface area contributed by atoms with E-state index in [1.165, 1.54) is 6.39 Å². The van der Waals surface area contributed by atoms with Crippen molar-refractivity contribution in [3.8, 4) is 11.4 Å². The summed E-state index contributed by atoms with van der Waals surface area (Å²) in [6, 6.07) is 7.38. The fourth-order valence-corrected chi connectivity index (χ4v) is 2.93. The first-order valence-electron chi connectivity index (χ1n) is 8.14. The Morgan fingerprint density at radius 1 is 1.30 bits per heavy atom. The van der Waals surface area contributed by atoms with Crippen molar-refractivity contribution in [1.29, 1.82) is 0 Å². The number of rotatable bonds is 5. The molecule has 1 aromatic carbocycles. The van der Waals surface area contributed by atoms with Crippen molar-refractivity contribution in [3.63, 3.8) is 0 Å². The predicted molar refractivity (Wildman–Crippen MR) is 86.9 cm³/mol. The highest BCUT2D eigenvalue weighted by molar-refractivity contribution is 5.94. The van der Waals surface area contributed by atoms with Gasteiger partial charge in [0.25, 0.3) is 5.91 Å². The lowest BCUT2D eigenvalue weighted by Crippen LogP contribution is -2.40. The summed E-state index contributed by atoms with van der Waals surface area (Å²) >= 11 is 0.